The van der Waals surface area contributed by atoms with Gasteiger partial charge in [-0.2, -0.15) is 13.9 Å². The Morgan fingerprint density at radius 3 is 2.35 bits per heavy atom. The number of benzene rings is 2. The van der Waals surface area contributed by atoms with Crippen LogP contribution in [0.2, 0.25) is 0 Å². The molecule has 5 nitrogen and oxygen atoms in total. The normalized spacial score (nSPS) is 11.0. The molecule has 138 valence electrons. The van der Waals surface area contributed by atoms with Gasteiger partial charge in [-0.3, -0.25) is 4.79 Å². The first-order valence-electron chi connectivity index (χ1n) is 8.03. The zero-order chi connectivity index (χ0) is 19.1. The Balaban J connectivity index is 2.02. The van der Waals surface area contributed by atoms with Gasteiger partial charge in [0.05, 0.1) is 12.8 Å². The number of aryl methyl sites for hydroxylation is 2. The van der Waals surface area contributed by atoms with Crippen LogP contribution in [-0.2, 0) is 0 Å². The van der Waals surface area contributed by atoms with Crippen LogP contribution in [0.5, 0.6) is 11.5 Å². The molecule has 1 N–H and O–H groups in total. The number of halogens is 2. The van der Waals surface area contributed by atoms with Crippen LogP contribution in [-0.4, -0.2) is 25.3 Å². The second kappa shape index (κ2) is 8.94. The average Bonchev–Trinajstić information content (AvgIpc) is 2.59. The highest BCUT2D eigenvalue weighted by Crippen LogP contribution is 2.25. The molecule has 2 rings (SSSR count). The third-order valence-corrected chi connectivity index (χ3v) is 3.50. The zero-order valence-corrected chi connectivity index (χ0v) is 14.8. The van der Waals surface area contributed by atoms with Crippen LogP contribution in [0, 0.1) is 13.8 Å². The van der Waals surface area contributed by atoms with Gasteiger partial charge in [-0.25, -0.2) is 5.43 Å². The van der Waals surface area contributed by atoms with Gasteiger partial charge in [-0.05, 0) is 73.9 Å². The number of alkyl halides is 2. The fourth-order valence-electron chi connectivity index (χ4n) is 2.43. The lowest BCUT2D eigenvalue weighted by molar-refractivity contribution is -0.0507. The molecule has 0 bridgehead atoms. The van der Waals surface area contributed by atoms with Crippen molar-refractivity contribution in [3.63, 3.8) is 0 Å². The molecule has 2 aromatic carbocycles. The van der Waals surface area contributed by atoms with Crippen LogP contribution in [0.1, 0.15) is 34.0 Å². The van der Waals surface area contributed by atoms with Gasteiger partial charge in [0, 0.05) is 5.56 Å². The van der Waals surface area contributed by atoms with Crippen molar-refractivity contribution in [3.05, 3.63) is 58.7 Å². The molecule has 0 heterocycles. The van der Waals surface area contributed by atoms with Crippen molar-refractivity contribution >= 4 is 12.1 Å². The predicted octanol–water partition coefficient (Wildman–Crippen LogP) is 4.07. The number of nitrogens with one attached hydrogen (secondary N) is 1. The number of carbonyl (C=O) groups is 1. The highest BCUT2D eigenvalue weighted by Gasteiger charge is 2.11. The van der Waals surface area contributed by atoms with Crippen molar-refractivity contribution < 1.29 is 23.0 Å². The molecule has 0 saturated carbocycles. The fourth-order valence-corrected chi connectivity index (χ4v) is 2.43. The Kier molecular flexibility index (Phi) is 6.66. The van der Waals surface area contributed by atoms with Crippen LogP contribution < -0.4 is 14.9 Å². The summed E-state index contributed by atoms with van der Waals surface area (Å²) in [6.45, 7) is 2.89. The monoisotopic (exact) mass is 362 g/mol. The first-order chi connectivity index (χ1) is 12.4. The summed E-state index contributed by atoms with van der Waals surface area (Å²) in [5.74, 6) is 0.468. The van der Waals surface area contributed by atoms with Crippen LogP contribution in [0.25, 0.3) is 0 Å². The third kappa shape index (κ3) is 5.27. The summed E-state index contributed by atoms with van der Waals surface area (Å²) in [6.07, 6.45) is 1.44. The molecule has 0 atom stereocenters. The quantitative estimate of drug-likeness (QED) is 0.597. The van der Waals surface area contributed by atoms with Gasteiger partial charge in [0.1, 0.15) is 11.5 Å². The van der Waals surface area contributed by atoms with Crippen LogP contribution in [0.3, 0.4) is 0 Å². The standard InChI is InChI=1S/C19H20F2N2O3/c1-4-25-16-7-5-15(6-8-16)18(24)23-22-11-14-9-12(2)17(13(3)10-14)26-19(20)21/h5-11,19H,4H2,1-3H3,(H,23,24)/b22-11-. The molecule has 0 aliphatic carbocycles. The van der Waals surface area contributed by atoms with Gasteiger partial charge in [-0.1, -0.05) is 0 Å². The molecule has 0 aromatic heterocycles. The summed E-state index contributed by atoms with van der Waals surface area (Å²) in [5.41, 5.74) is 4.65. The van der Waals surface area contributed by atoms with Crippen LogP contribution >= 0.6 is 0 Å². The van der Waals surface area contributed by atoms with Crippen molar-refractivity contribution in [2.75, 3.05) is 6.61 Å². The summed E-state index contributed by atoms with van der Waals surface area (Å²) in [6, 6.07) is 9.99. The molecular weight excluding hydrogens is 342 g/mol. The van der Waals surface area contributed by atoms with Crippen molar-refractivity contribution in [1.29, 1.82) is 0 Å². The van der Waals surface area contributed by atoms with Gasteiger partial charge in [0.2, 0.25) is 0 Å². The molecular formula is C19H20F2N2O3. The number of hydrogen-bond donors (Lipinski definition) is 1. The van der Waals surface area contributed by atoms with E-state index in [0.717, 1.165) is 0 Å². The zero-order valence-electron chi connectivity index (χ0n) is 14.8. The summed E-state index contributed by atoms with van der Waals surface area (Å²) >= 11 is 0. The maximum atomic E-state index is 12.4. The molecule has 0 aliphatic heterocycles. The molecule has 26 heavy (non-hydrogen) atoms. The topological polar surface area (TPSA) is 59.9 Å². The summed E-state index contributed by atoms with van der Waals surface area (Å²) in [4.78, 5) is 12.0. The van der Waals surface area contributed by atoms with E-state index in [-0.39, 0.29) is 11.7 Å². The number of hydrogen-bond acceptors (Lipinski definition) is 4. The lowest BCUT2D eigenvalue weighted by Gasteiger charge is -2.11. The highest BCUT2D eigenvalue weighted by atomic mass is 19.3. The van der Waals surface area contributed by atoms with Gasteiger partial charge in [0.25, 0.3) is 5.91 Å². The van der Waals surface area contributed by atoms with E-state index in [2.05, 4.69) is 15.3 Å². The Morgan fingerprint density at radius 2 is 1.81 bits per heavy atom. The van der Waals surface area contributed by atoms with E-state index in [1.807, 2.05) is 6.92 Å². The second-order valence-electron chi connectivity index (χ2n) is 5.52. The minimum absolute atomic E-state index is 0.149. The molecule has 0 saturated heterocycles. The van der Waals surface area contributed by atoms with E-state index in [0.29, 0.717) is 34.6 Å². The molecule has 2 aromatic rings. The first kappa shape index (κ1) is 19.4. The van der Waals surface area contributed by atoms with Crippen molar-refractivity contribution in [3.8, 4) is 11.5 Å². The van der Waals surface area contributed by atoms with E-state index in [1.54, 1.807) is 50.2 Å². The maximum absolute atomic E-state index is 12.4. The lowest BCUT2D eigenvalue weighted by Crippen LogP contribution is -2.17. The maximum Gasteiger partial charge on any atom is 0.387 e. The summed E-state index contributed by atoms with van der Waals surface area (Å²) in [5, 5.41) is 3.90. The molecule has 0 fully saturated rings. The minimum Gasteiger partial charge on any atom is -0.494 e. The smallest absolute Gasteiger partial charge is 0.387 e. The third-order valence-electron chi connectivity index (χ3n) is 3.50. The molecule has 0 unspecified atom stereocenters. The number of hydrazone groups is 1. The summed E-state index contributed by atoms with van der Waals surface area (Å²) in [7, 11) is 0. The van der Waals surface area contributed by atoms with E-state index < -0.39 is 6.61 Å². The minimum atomic E-state index is -2.87. The molecule has 7 heteroatoms. The number of nitrogens with zero attached hydrogens (tertiary/aromatic N) is 1. The van der Waals surface area contributed by atoms with Crippen molar-refractivity contribution in [2.45, 2.75) is 27.4 Å². The van der Waals surface area contributed by atoms with Gasteiger partial charge in [0.15, 0.2) is 0 Å². The van der Waals surface area contributed by atoms with Crippen LogP contribution in [0.4, 0.5) is 8.78 Å². The number of rotatable bonds is 7. The van der Waals surface area contributed by atoms with E-state index >= 15 is 0 Å². The Hall–Kier alpha value is -2.96. The van der Waals surface area contributed by atoms with Gasteiger partial charge >= 0.3 is 6.61 Å². The van der Waals surface area contributed by atoms with Crippen molar-refractivity contribution in [1.82, 2.24) is 5.43 Å². The average molecular weight is 362 g/mol. The Labute approximate surface area is 150 Å². The molecule has 0 spiro atoms. The Bertz CT molecular complexity index is 767. The first-order valence-corrected chi connectivity index (χ1v) is 8.03. The fraction of sp³-hybridized carbons (Fsp3) is 0.263. The van der Waals surface area contributed by atoms with E-state index in [4.69, 9.17) is 4.74 Å². The Morgan fingerprint density at radius 1 is 1.19 bits per heavy atom. The lowest BCUT2D eigenvalue weighted by atomic mass is 10.1. The van der Waals surface area contributed by atoms with Crippen LogP contribution in [0.15, 0.2) is 41.5 Å². The number of amides is 1. The van der Waals surface area contributed by atoms with E-state index in [9.17, 15) is 13.6 Å². The second-order valence-corrected chi connectivity index (χ2v) is 5.52. The molecule has 0 aliphatic rings. The van der Waals surface area contributed by atoms with Crippen molar-refractivity contribution in [2.24, 2.45) is 5.10 Å². The summed E-state index contributed by atoms with van der Waals surface area (Å²) < 4.78 is 34.6. The molecule has 0 radical (unpaired) electrons. The largest absolute Gasteiger partial charge is 0.494 e. The number of carbonyl (C=O) groups excluding carboxylic acids is 1. The van der Waals surface area contributed by atoms with E-state index in [1.165, 1.54) is 6.21 Å². The SMILES string of the molecule is CCOc1ccc(C(=O)N/N=C\c2cc(C)c(OC(F)F)c(C)c2)cc1. The highest BCUT2D eigenvalue weighted by molar-refractivity contribution is 5.95. The number of ether oxygens (including phenoxy) is 2. The van der Waals surface area contributed by atoms with Gasteiger partial charge < -0.3 is 9.47 Å². The molecule has 1 amide bonds. The predicted molar refractivity (Wildman–Crippen MR) is 95.2 cm³/mol. The van der Waals surface area contributed by atoms with Gasteiger partial charge in [-0.15, -0.1) is 0 Å².